The van der Waals surface area contributed by atoms with Gasteiger partial charge in [-0.05, 0) is 12.5 Å². The maximum atomic E-state index is 13.3. The van der Waals surface area contributed by atoms with Crippen LogP contribution in [0.15, 0.2) is 42.5 Å². The topological polar surface area (TPSA) is 61.4 Å². The largest absolute Gasteiger partial charge is 0.487 e. The molecule has 0 spiro atoms. The first-order chi connectivity index (χ1) is 12.6. The number of β-amino-alcohol motifs (C(OH)–C–C–N with tert-alkyl or cyclic N) is 1. The summed E-state index contributed by atoms with van der Waals surface area (Å²) in [5.41, 5.74) is 1.91. The molecule has 2 aromatic carbocycles. The summed E-state index contributed by atoms with van der Waals surface area (Å²) in [7, 11) is 0. The normalized spacial score (nSPS) is 21.2. The number of benzene rings is 2. The number of aliphatic hydroxyl groups is 1. The number of H-pyrrole nitrogens is 1. The summed E-state index contributed by atoms with van der Waals surface area (Å²) < 4.78 is 32.2. The van der Waals surface area contributed by atoms with Crippen molar-refractivity contribution < 1.29 is 18.6 Å². The van der Waals surface area contributed by atoms with Gasteiger partial charge in [0.1, 0.15) is 29.6 Å². The van der Waals surface area contributed by atoms with Gasteiger partial charge in [0.2, 0.25) is 0 Å². The average molecular weight is 359 g/mol. The summed E-state index contributed by atoms with van der Waals surface area (Å²) in [5.74, 6) is -1.30. The summed E-state index contributed by atoms with van der Waals surface area (Å²) in [6.07, 6.45) is -0.680. The van der Waals surface area contributed by atoms with Crippen molar-refractivity contribution in [2.24, 2.45) is 0 Å². The molecule has 0 radical (unpaired) electrons. The van der Waals surface area contributed by atoms with Crippen molar-refractivity contribution in [3.05, 3.63) is 59.8 Å². The monoisotopic (exact) mass is 359 g/mol. The zero-order chi connectivity index (χ0) is 18.1. The van der Waals surface area contributed by atoms with E-state index in [1.165, 1.54) is 0 Å². The molecule has 2 atom stereocenters. The maximum absolute atomic E-state index is 13.3. The molecule has 1 fully saturated rings. The molecule has 0 bridgehead atoms. The highest BCUT2D eigenvalue weighted by molar-refractivity contribution is 5.81. The molecule has 0 aliphatic carbocycles. The third-order valence-electron chi connectivity index (χ3n) is 4.65. The van der Waals surface area contributed by atoms with E-state index in [1.807, 2.05) is 24.3 Å². The quantitative estimate of drug-likeness (QED) is 0.752. The molecule has 26 heavy (non-hydrogen) atoms. The number of hydrogen-bond acceptors (Lipinski definition) is 4. The fourth-order valence-electron chi connectivity index (χ4n) is 3.39. The Labute approximate surface area is 149 Å². The van der Waals surface area contributed by atoms with Gasteiger partial charge in [-0.15, -0.1) is 0 Å². The zero-order valence-corrected chi connectivity index (χ0v) is 14.0. The van der Waals surface area contributed by atoms with Crippen LogP contribution in [-0.2, 0) is 6.54 Å². The van der Waals surface area contributed by atoms with Crippen LogP contribution in [-0.4, -0.2) is 45.5 Å². The third-order valence-corrected chi connectivity index (χ3v) is 4.65. The molecule has 0 unspecified atom stereocenters. The van der Waals surface area contributed by atoms with Crippen molar-refractivity contribution in [2.45, 2.75) is 25.2 Å². The summed E-state index contributed by atoms with van der Waals surface area (Å²) in [5, 5.41) is 18.8. The Morgan fingerprint density at radius 1 is 1.19 bits per heavy atom. The van der Waals surface area contributed by atoms with Crippen LogP contribution >= 0.6 is 0 Å². The molecule has 3 aromatic rings. The minimum atomic E-state index is -0.746. The highest BCUT2D eigenvalue weighted by Gasteiger charge is 2.30. The summed E-state index contributed by atoms with van der Waals surface area (Å²) >= 11 is 0. The number of likely N-dealkylation sites (tertiary alicyclic amines) is 1. The second-order valence-corrected chi connectivity index (χ2v) is 6.57. The second-order valence-electron chi connectivity index (χ2n) is 6.57. The molecular weight excluding hydrogens is 340 g/mol. The lowest BCUT2D eigenvalue weighted by atomic mass is 10.0. The smallest absolute Gasteiger partial charge is 0.129 e. The van der Waals surface area contributed by atoms with Gasteiger partial charge in [-0.3, -0.25) is 10.00 Å². The van der Waals surface area contributed by atoms with Crippen LogP contribution in [0.25, 0.3) is 10.9 Å². The molecule has 5 nitrogen and oxygen atoms in total. The number of aromatic nitrogens is 2. The number of hydrogen-bond donors (Lipinski definition) is 2. The van der Waals surface area contributed by atoms with Gasteiger partial charge in [0.05, 0.1) is 11.2 Å². The lowest BCUT2D eigenvalue weighted by Crippen LogP contribution is -2.48. The van der Waals surface area contributed by atoms with Gasteiger partial charge in [-0.1, -0.05) is 18.2 Å². The lowest BCUT2D eigenvalue weighted by Gasteiger charge is -2.35. The Bertz CT molecular complexity index is 894. The molecule has 7 heteroatoms. The molecule has 0 saturated carbocycles. The number of aromatic amines is 1. The van der Waals surface area contributed by atoms with Crippen LogP contribution < -0.4 is 4.74 Å². The summed E-state index contributed by atoms with van der Waals surface area (Å²) in [6, 6.07) is 10.9. The number of aliphatic hydroxyl groups excluding tert-OH is 1. The lowest BCUT2D eigenvalue weighted by molar-refractivity contribution is -0.0279. The highest BCUT2D eigenvalue weighted by Crippen LogP contribution is 2.23. The Kier molecular flexibility index (Phi) is 4.57. The van der Waals surface area contributed by atoms with Gasteiger partial charge >= 0.3 is 0 Å². The third kappa shape index (κ3) is 3.54. The van der Waals surface area contributed by atoms with Crippen molar-refractivity contribution in [3.8, 4) is 5.75 Å². The van der Waals surface area contributed by atoms with Gasteiger partial charge in [0.25, 0.3) is 0 Å². The predicted molar refractivity (Wildman–Crippen MR) is 92.8 cm³/mol. The molecule has 2 N–H and O–H groups in total. The van der Waals surface area contributed by atoms with Crippen molar-refractivity contribution >= 4 is 10.9 Å². The zero-order valence-electron chi connectivity index (χ0n) is 14.0. The minimum absolute atomic E-state index is 0.0968. The molecule has 136 valence electrons. The number of fused-ring (bicyclic) bond motifs is 1. The van der Waals surface area contributed by atoms with Crippen molar-refractivity contribution in [2.75, 3.05) is 13.1 Å². The first-order valence-electron chi connectivity index (χ1n) is 8.53. The Morgan fingerprint density at radius 3 is 2.73 bits per heavy atom. The maximum Gasteiger partial charge on any atom is 0.129 e. The number of halogens is 2. The van der Waals surface area contributed by atoms with Gasteiger partial charge in [0.15, 0.2) is 0 Å². The Morgan fingerprint density at radius 2 is 1.96 bits per heavy atom. The second kappa shape index (κ2) is 7.01. The van der Waals surface area contributed by atoms with Gasteiger partial charge in [-0.25, -0.2) is 8.78 Å². The molecule has 1 saturated heterocycles. The number of para-hydroxylation sites is 1. The molecule has 2 heterocycles. The fourth-order valence-corrected chi connectivity index (χ4v) is 3.39. The van der Waals surface area contributed by atoms with E-state index in [9.17, 15) is 13.9 Å². The number of piperidine rings is 1. The minimum Gasteiger partial charge on any atom is -0.487 e. The number of nitrogens with one attached hydrogen (secondary N) is 1. The van der Waals surface area contributed by atoms with Crippen LogP contribution in [0.3, 0.4) is 0 Å². The van der Waals surface area contributed by atoms with E-state index in [1.54, 1.807) is 0 Å². The molecule has 4 rings (SSSR count). The van der Waals surface area contributed by atoms with E-state index in [4.69, 9.17) is 4.74 Å². The van der Waals surface area contributed by atoms with Crippen molar-refractivity contribution in [3.63, 3.8) is 0 Å². The standard InChI is InChI=1S/C19H19F2N3O2/c20-12-7-13(21)9-14(8-12)26-19-5-6-24(11-18(19)25)10-17-15-3-1-2-4-16(15)22-23-17/h1-4,7-9,18-19,25H,5-6,10-11H2,(H,22,23)/t18-,19-/m1/s1. The van der Waals surface area contributed by atoms with Gasteiger partial charge in [-0.2, -0.15) is 5.10 Å². The average Bonchev–Trinajstić information content (AvgIpc) is 3.00. The molecule has 0 amide bonds. The van der Waals surface area contributed by atoms with E-state index in [0.29, 0.717) is 26.1 Å². The Hall–Kier alpha value is -2.51. The van der Waals surface area contributed by atoms with E-state index in [-0.39, 0.29) is 5.75 Å². The number of rotatable bonds is 4. The first kappa shape index (κ1) is 16.9. The van der Waals surface area contributed by atoms with Crippen molar-refractivity contribution in [1.82, 2.24) is 15.1 Å². The number of nitrogens with zero attached hydrogens (tertiary/aromatic N) is 2. The van der Waals surface area contributed by atoms with E-state index in [0.717, 1.165) is 34.8 Å². The van der Waals surface area contributed by atoms with Crippen LogP contribution in [0, 0.1) is 11.6 Å². The van der Waals surface area contributed by atoms with E-state index >= 15 is 0 Å². The highest BCUT2D eigenvalue weighted by atomic mass is 19.1. The van der Waals surface area contributed by atoms with Crippen LogP contribution in [0.2, 0.25) is 0 Å². The Balaban J connectivity index is 1.40. The van der Waals surface area contributed by atoms with Gasteiger partial charge in [0, 0.05) is 43.2 Å². The molecular formula is C19H19F2N3O2. The SMILES string of the molecule is O[C@@H]1CN(Cc2[nH]nc3ccccc23)CC[C@H]1Oc1cc(F)cc(F)c1. The van der Waals surface area contributed by atoms with Crippen LogP contribution in [0.5, 0.6) is 5.75 Å². The number of ether oxygens (including phenoxy) is 1. The summed E-state index contributed by atoms with van der Waals surface area (Å²) in [6.45, 7) is 1.75. The van der Waals surface area contributed by atoms with E-state index < -0.39 is 23.8 Å². The molecule has 1 aliphatic rings. The molecule has 1 aliphatic heterocycles. The summed E-state index contributed by atoms with van der Waals surface area (Å²) in [4.78, 5) is 2.11. The molecule has 1 aromatic heterocycles. The fraction of sp³-hybridized carbons (Fsp3) is 0.316. The van der Waals surface area contributed by atoms with E-state index in [2.05, 4.69) is 15.1 Å². The van der Waals surface area contributed by atoms with Crippen LogP contribution in [0.1, 0.15) is 12.1 Å². The first-order valence-corrected chi connectivity index (χ1v) is 8.53. The van der Waals surface area contributed by atoms with Gasteiger partial charge < -0.3 is 9.84 Å². The van der Waals surface area contributed by atoms with Crippen LogP contribution in [0.4, 0.5) is 8.78 Å². The predicted octanol–water partition coefficient (Wildman–Crippen LogP) is 2.86. The van der Waals surface area contributed by atoms with Crippen molar-refractivity contribution in [1.29, 1.82) is 0 Å².